The van der Waals surface area contributed by atoms with E-state index in [2.05, 4.69) is 11.9 Å². The molecule has 1 saturated heterocycles. The van der Waals surface area contributed by atoms with Crippen molar-refractivity contribution in [3.05, 3.63) is 0 Å². The van der Waals surface area contributed by atoms with E-state index in [0.29, 0.717) is 12.1 Å². The maximum absolute atomic E-state index is 5.66. The maximum atomic E-state index is 5.66. The van der Waals surface area contributed by atoms with Crippen LogP contribution in [0.25, 0.3) is 0 Å². The Hall–Kier alpha value is 0.230. The molecule has 1 fully saturated rings. The Morgan fingerprint density at radius 3 is 3.08 bits per heavy atom. The lowest BCUT2D eigenvalue weighted by molar-refractivity contribution is -0.00598. The molecule has 0 spiro atoms. The van der Waals surface area contributed by atoms with Crippen LogP contribution in [0, 0.1) is 0 Å². The van der Waals surface area contributed by atoms with Gasteiger partial charge in [-0.25, -0.2) is 0 Å². The van der Waals surface area contributed by atoms with Gasteiger partial charge in [0.1, 0.15) is 0 Å². The summed E-state index contributed by atoms with van der Waals surface area (Å²) in [6.07, 6.45) is 0.405. The smallest absolute Gasteiger partial charge is 0.0792 e. The van der Waals surface area contributed by atoms with Gasteiger partial charge in [0.05, 0.1) is 12.7 Å². The molecular weight excluding hydrogens is 184 g/mol. The molecule has 0 aromatic carbocycles. The van der Waals surface area contributed by atoms with E-state index < -0.39 is 0 Å². The molecule has 1 rings (SSSR count). The predicted molar refractivity (Wildman–Crippen MR) is 58.2 cm³/mol. The molecular formula is C9H20N2OS. The van der Waals surface area contributed by atoms with Crippen LogP contribution in [0.1, 0.15) is 6.92 Å². The van der Waals surface area contributed by atoms with Crippen LogP contribution in [-0.4, -0.2) is 55.3 Å². The van der Waals surface area contributed by atoms with Crippen LogP contribution < -0.4 is 5.73 Å². The number of hydrogen-bond acceptors (Lipinski definition) is 4. The first-order chi connectivity index (χ1) is 6.18. The van der Waals surface area contributed by atoms with Gasteiger partial charge in [-0.05, 0) is 14.0 Å². The number of rotatable bonds is 4. The van der Waals surface area contributed by atoms with Crippen LogP contribution in [0.5, 0.6) is 0 Å². The highest BCUT2D eigenvalue weighted by atomic mass is 32.2. The first kappa shape index (κ1) is 11.3. The quantitative estimate of drug-likeness (QED) is 0.719. The number of thioether (sulfide) groups is 1. The number of nitrogens with zero attached hydrogens (tertiary/aromatic N) is 1. The van der Waals surface area contributed by atoms with Crippen LogP contribution in [-0.2, 0) is 4.74 Å². The highest BCUT2D eigenvalue weighted by molar-refractivity contribution is 7.99. The lowest BCUT2D eigenvalue weighted by Gasteiger charge is -2.29. The average molecular weight is 204 g/mol. The fourth-order valence-corrected chi connectivity index (χ4v) is 2.33. The first-order valence-electron chi connectivity index (χ1n) is 4.82. The van der Waals surface area contributed by atoms with Gasteiger partial charge in [0, 0.05) is 30.6 Å². The minimum atomic E-state index is 0.298. The number of hydrogen-bond donors (Lipinski definition) is 1. The molecule has 1 heterocycles. The van der Waals surface area contributed by atoms with Gasteiger partial charge in [-0.3, -0.25) is 0 Å². The lowest BCUT2D eigenvalue weighted by Crippen LogP contribution is -2.41. The molecule has 2 unspecified atom stereocenters. The first-order valence-corrected chi connectivity index (χ1v) is 5.97. The SMILES string of the molecule is CC(N)CSCC1CN(C)CCO1. The lowest BCUT2D eigenvalue weighted by atomic mass is 10.3. The third kappa shape index (κ3) is 4.86. The largest absolute Gasteiger partial charge is 0.375 e. The van der Waals surface area contributed by atoms with E-state index in [4.69, 9.17) is 10.5 Å². The van der Waals surface area contributed by atoms with Crippen molar-refractivity contribution in [2.24, 2.45) is 5.73 Å². The summed E-state index contributed by atoms with van der Waals surface area (Å²) in [4.78, 5) is 2.32. The molecule has 2 atom stereocenters. The third-order valence-corrected chi connectivity index (χ3v) is 3.40. The summed E-state index contributed by atoms with van der Waals surface area (Å²) < 4.78 is 5.63. The zero-order valence-electron chi connectivity index (χ0n) is 8.53. The minimum absolute atomic E-state index is 0.298. The molecule has 3 nitrogen and oxygen atoms in total. The summed E-state index contributed by atoms with van der Waals surface area (Å²) in [5.41, 5.74) is 5.66. The highest BCUT2D eigenvalue weighted by Crippen LogP contribution is 2.10. The summed E-state index contributed by atoms with van der Waals surface area (Å²) in [7, 11) is 2.14. The van der Waals surface area contributed by atoms with Crippen molar-refractivity contribution in [1.82, 2.24) is 4.90 Å². The summed E-state index contributed by atoms with van der Waals surface area (Å²) in [5, 5.41) is 0. The molecule has 0 amide bonds. The van der Waals surface area contributed by atoms with Crippen molar-refractivity contribution in [2.75, 3.05) is 38.2 Å². The van der Waals surface area contributed by atoms with Crippen molar-refractivity contribution in [3.8, 4) is 0 Å². The summed E-state index contributed by atoms with van der Waals surface area (Å²) in [6.45, 7) is 5.04. The van der Waals surface area contributed by atoms with E-state index in [9.17, 15) is 0 Å². The Balaban J connectivity index is 2.06. The van der Waals surface area contributed by atoms with Gasteiger partial charge in [0.2, 0.25) is 0 Å². The highest BCUT2D eigenvalue weighted by Gasteiger charge is 2.17. The summed E-state index contributed by atoms with van der Waals surface area (Å²) >= 11 is 1.89. The van der Waals surface area contributed by atoms with E-state index in [1.165, 1.54) is 0 Å². The Morgan fingerprint density at radius 2 is 2.46 bits per heavy atom. The molecule has 0 aromatic rings. The Kier molecular flexibility index (Phi) is 5.09. The van der Waals surface area contributed by atoms with E-state index in [-0.39, 0.29) is 0 Å². The topological polar surface area (TPSA) is 38.5 Å². The Morgan fingerprint density at radius 1 is 1.69 bits per heavy atom. The van der Waals surface area contributed by atoms with Gasteiger partial charge >= 0.3 is 0 Å². The standard InChI is InChI=1S/C9H20N2OS/c1-8(10)6-13-7-9-5-11(2)3-4-12-9/h8-9H,3-7,10H2,1-2H3. The average Bonchev–Trinajstić information content (AvgIpc) is 2.03. The van der Waals surface area contributed by atoms with E-state index >= 15 is 0 Å². The molecule has 1 aliphatic heterocycles. The summed E-state index contributed by atoms with van der Waals surface area (Å²) in [5.74, 6) is 2.11. The van der Waals surface area contributed by atoms with E-state index in [1.54, 1.807) is 0 Å². The molecule has 0 aromatic heterocycles. The molecule has 0 aliphatic carbocycles. The van der Waals surface area contributed by atoms with Crippen molar-refractivity contribution in [3.63, 3.8) is 0 Å². The number of likely N-dealkylation sites (N-methyl/N-ethyl adjacent to an activating group) is 1. The number of nitrogens with two attached hydrogens (primary N) is 1. The van der Waals surface area contributed by atoms with Gasteiger partial charge in [-0.1, -0.05) is 0 Å². The normalized spacial score (nSPS) is 27.5. The van der Waals surface area contributed by atoms with Crippen molar-refractivity contribution < 1.29 is 4.74 Å². The Bertz CT molecular complexity index is 144. The molecule has 4 heteroatoms. The van der Waals surface area contributed by atoms with Crippen LogP contribution in [0.3, 0.4) is 0 Å². The molecule has 1 aliphatic rings. The fraction of sp³-hybridized carbons (Fsp3) is 1.00. The van der Waals surface area contributed by atoms with E-state index in [0.717, 1.165) is 31.2 Å². The molecule has 78 valence electrons. The number of ether oxygens (including phenoxy) is 1. The van der Waals surface area contributed by atoms with Gasteiger partial charge < -0.3 is 15.4 Å². The van der Waals surface area contributed by atoms with Crippen LogP contribution >= 0.6 is 11.8 Å². The molecule has 0 radical (unpaired) electrons. The van der Waals surface area contributed by atoms with Gasteiger partial charge in [-0.15, -0.1) is 0 Å². The summed E-state index contributed by atoms with van der Waals surface area (Å²) in [6, 6.07) is 0.298. The third-order valence-electron chi connectivity index (χ3n) is 2.03. The van der Waals surface area contributed by atoms with Crippen molar-refractivity contribution >= 4 is 11.8 Å². The second-order valence-corrected chi connectivity index (χ2v) is 4.84. The van der Waals surface area contributed by atoms with Gasteiger partial charge in [-0.2, -0.15) is 11.8 Å². The van der Waals surface area contributed by atoms with Gasteiger partial charge in [0.25, 0.3) is 0 Å². The number of morpholine rings is 1. The zero-order chi connectivity index (χ0) is 9.68. The predicted octanol–water partition coefficient (Wildman–Crippen LogP) is 0.397. The van der Waals surface area contributed by atoms with Crippen molar-refractivity contribution in [1.29, 1.82) is 0 Å². The molecule has 0 bridgehead atoms. The van der Waals surface area contributed by atoms with Crippen LogP contribution in [0.2, 0.25) is 0 Å². The maximum Gasteiger partial charge on any atom is 0.0792 e. The van der Waals surface area contributed by atoms with Crippen LogP contribution in [0.15, 0.2) is 0 Å². The second kappa shape index (κ2) is 5.86. The molecule has 13 heavy (non-hydrogen) atoms. The monoisotopic (exact) mass is 204 g/mol. The zero-order valence-corrected chi connectivity index (χ0v) is 9.35. The Labute approximate surface area is 85.0 Å². The fourth-order valence-electron chi connectivity index (χ4n) is 1.35. The molecule has 0 saturated carbocycles. The van der Waals surface area contributed by atoms with Gasteiger partial charge in [0.15, 0.2) is 0 Å². The minimum Gasteiger partial charge on any atom is -0.375 e. The van der Waals surface area contributed by atoms with E-state index in [1.807, 2.05) is 18.7 Å². The van der Waals surface area contributed by atoms with Crippen LogP contribution in [0.4, 0.5) is 0 Å². The second-order valence-electron chi connectivity index (χ2n) is 3.77. The van der Waals surface area contributed by atoms with Crippen molar-refractivity contribution in [2.45, 2.75) is 19.1 Å². The molecule has 2 N–H and O–H groups in total.